The molecule has 34 heavy (non-hydrogen) atoms. The van der Waals surface area contributed by atoms with Crippen LogP contribution in [0, 0.1) is 0 Å². The van der Waals surface area contributed by atoms with Crippen LogP contribution in [-0.2, 0) is 28.0 Å². The van der Waals surface area contributed by atoms with Crippen molar-refractivity contribution in [1.82, 2.24) is 10.2 Å². The zero-order valence-corrected chi connectivity index (χ0v) is 22.7. The molecule has 1 aliphatic carbocycles. The fourth-order valence-electron chi connectivity index (χ4n) is 4.55. The van der Waals surface area contributed by atoms with Crippen LogP contribution in [0.3, 0.4) is 0 Å². The topological polar surface area (TPSA) is 49.4 Å². The zero-order chi connectivity index (χ0) is 24.7. The Balaban J connectivity index is 1.69. The van der Waals surface area contributed by atoms with Crippen LogP contribution in [0.5, 0.6) is 0 Å². The van der Waals surface area contributed by atoms with E-state index in [0.717, 1.165) is 41.3 Å². The van der Waals surface area contributed by atoms with Crippen molar-refractivity contribution in [2.45, 2.75) is 96.7 Å². The maximum atomic E-state index is 13.4. The molecule has 5 heteroatoms. The Bertz CT molecular complexity index is 959. The van der Waals surface area contributed by atoms with Crippen molar-refractivity contribution in [3.05, 3.63) is 69.7 Å². The molecule has 2 aromatic rings. The second kappa shape index (κ2) is 12.0. The number of carbonyl (C=O) groups excluding carboxylic acids is 2. The number of nitrogens with zero attached hydrogens (tertiary/aromatic N) is 1. The fourth-order valence-corrected chi connectivity index (χ4v) is 5.00. The van der Waals surface area contributed by atoms with E-state index in [-0.39, 0.29) is 23.3 Å². The molecule has 184 valence electrons. The second-order valence-electron chi connectivity index (χ2n) is 10.6. The van der Waals surface area contributed by atoms with Crippen molar-refractivity contribution in [2.24, 2.45) is 0 Å². The van der Waals surface area contributed by atoms with Gasteiger partial charge in [0.15, 0.2) is 0 Å². The van der Waals surface area contributed by atoms with Gasteiger partial charge in [0.1, 0.15) is 6.04 Å². The van der Waals surface area contributed by atoms with E-state index in [0.29, 0.717) is 19.4 Å². The lowest BCUT2D eigenvalue weighted by atomic mass is 9.86. The van der Waals surface area contributed by atoms with E-state index in [4.69, 9.17) is 0 Å². The van der Waals surface area contributed by atoms with Gasteiger partial charge in [0.05, 0.1) is 0 Å². The molecule has 0 aromatic heterocycles. The van der Waals surface area contributed by atoms with Gasteiger partial charge in [-0.2, -0.15) is 0 Å². The molecule has 1 fully saturated rings. The minimum absolute atomic E-state index is 0.00571. The van der Waals surface area contributed by atoms with Gasteiger partial charge in [-0.05, 0) is 60.4 Å². The van der Waals surface area contributed by atoms with E-state index in [9.17, 15) is 9.59 Å². The highest BCUT2D eigenvalue weighted by molar-refractivity contribution is 9.10. The molecule has 0 spiro atoms. The van der Waals surface area contributed by atoms with Crippen LogP contribution in [-0.4, -0.2) is 28.8 Å². The summed E-state index contributed by atoms with van der Waals surface area (Å²) in [6.07, 6.45) is 6.67. The molecular formula is C29H39BrN2O2. The Hall–Kier alpha value is -2.14. The second-order valence-corrected chi connectivity index (χ2v) is 11.5. The van der Waals surface area contributed by atoms with Gasteiger partial charge in [-0.3, -0.25) is 9.59 Å². The summed E-state index contributed by atoms with van der Waals surface area (Å²) in [7, 11) is 0. The lowest BCUT2D eigenvalue weighted by Crippen LogP contribution is -2.50. The average Bonchev–Trinajstić information content (AvgIpc) is 2.81. The molecule has 0 heterocycles. The van der Waals surface area contributed by atoms with E-state index in [1.807, 2.05) is 31.2 Å². The molecule has 1 aliphatic rings. The highest BCUT2D eigenvalue weighted by atomic mass is 79.9. The Morgan fingerprint density at radius 3 is 2.32 bits per heavy atom. The van der Waals surface area contributed by atoms with Crippen LogP contribution in [0.2, 0.25) is 0 Å². The summed E-state index contributed by atoms with van der Waals surface area (Å²) >= 11 is 3.52. The third-order valence-electron chi connectivity index (χ3n) is 6.81. The Morgan fingerprint density at radius 1 is 1.03 bits per heavy atom. The third-order valence-corrected chi connectivity index (χ3v) is 7.30. The van der Waals surface area contributed by atoms with Crippen LogP contribution in [0.1, 0.15) is 82.9 Å². The van der Waals surface area contributed by atoms with E-state index >= 15 is 0 Å². The van der Waals surface area contributed by atoms with Crippen molar-refractivity contribution >= 4 is 27.7 Å². The molecule has 0 saturated heterocycles. The lowest BCUT2D eigenvalue weighted by Gasteiger charge is -2.31. The first kappa shape index (κ1) is 26.5. The van der Waals surface area contributed by atoms with Gasteiger partial charge in [-0.15, -0.1) is 0 Å². The van der Waals surface area contributed by atoms with Gasteiger partial charge in [0, 0.05) is 23.5 Å². The summed E-state index contributed by atoms with van der Waals surface area (Å²) in [6.45, 7) is 8.87. The quantitative estimate of drug-likeness (QED) is 0.424. The molecule has 2 aromatic carbocycles. The van der Waals surface area contributed by atoms with Gasteiger partial charge in [0.2, 0.25) is 11.8 Å². The molecule has 1 N–H and O–H groups in total. The van der Waals surface area contributed by atoms with Crippen LogP contribution < -0.4 is 5.32 Å². The van der Waals surface area contributed by atoms with Crippen LogP contribution in [0.4, 0.5) is 0 Å². The maximum absolute atomic E-state index is 13.4. The number of aryl methyl sites for hydroxylation is 1. The maximum Gasteiger partial charge on any atom is 0.242 e. The molecule has 0 radical (unpaired) electrons. The van der Waals surface area contributed by atoms with Crippen LogP contribution >= 0.6 is 15.9 Å². The smallest absolute Gasteiger partial charge is 0.242 e. The van der Waals surface area contributed by atoms with Crippen LogP contribution in [0.15, 0.2) is 53.0 Å². The van der Waals surface area contributed by atoms with Gasteiger partial charge in [-0.1, -0.05) is 92.4 Å². The fraction of sp³-hybridized carbons (Fsp3) is 0.517. The summed E-state index contributed by atoms with van der Waals surface area (Å²) in [5, 5.41) is 3.20. The number of benzene rings is 2. The first-order chi connectivity index (χ1) is 16.1. The molecule has 3 rings (SSSR count). The monoisotopic (exact) mass is 526 g/mol. The van der Waals surface area contributed by atoms with Gasteiger partial charge in [0.25, 0.3) is 0 Å². The number of rotatable bonds is 8. The summed E-state index contributed by atoms with van der Waals surface area (Å²) in [5.41, 5.74) is 3.54. The normalized spacial score (nSPS) is 15.6. The number of nitrogens with one attached hydrogen (secondary N) is 1. The summed E-state index contributed by atoms with van der Waals surface area (Å²) in [4.78, 5) is 28.2. The van der Waals surface area contributed by atoms with Crippen molar-refractivity contribution in [3.63, 3.8) is 0 Å². The Kier molecular flexibility index (Phi) is 9.35. The molecule has 2 amide bonds. The molecule has 1 unspecified atom stereocenters. The van der Waals surface area contributed by atoms with E-state index in [2.05, 4.69) is 66.3 Å². The highest BCUT2D eigenvalue weighted by Crippen LogP contribution is 2.23. The zero-order valence-electron chi connectivity index (χ0n) is 21.1. The van der Waals surface area contributed by atoms with E-state index in [1.165, 1.54) is 12.0 Å². The van der Waals surface area contributed by atoms with Gasteiger partial charge >= 0.3 is 0 Å². The van der Waals surface area contributed by atoms with Crippen molar-refractivity contribution in [1.29, 1.82) is 0 Å². The molecule has 0 bridgehead atoms. The minimum atomic E-state index is -0.517. The van der Waals surface area contributed by atoms with Crippen molar-refractivity contribution in [3.8, 4) is 0 Å². The molecule has 4 nitrogen and oxygen atoms in total. The minimum Gasteiger partial charge on any atom is -0.352 e. The highest BCUT2D eigenvalue weighted by Gasteiger charge is 2.28. The van der Waals surface area contributed by atoms with Gasteiger partial charge < -0.3 is 10.2 Å². The van der Waals surface area contributed by atoms with E-state index in [1.54, 1.807) is 4.90 Å². The standard InChI is InChI=1S/C29H39BrN2O2/c1-21(28(34)31-26-11-6-5-7-12-26)32(20-23-9-8-10-25(30)19-23)27(33)18-15-22-13-16-24(17-14-22)29(2,3)4/h8-10,13-14,16-17,19,21,26H,5-7,11-12,15,18,20H2,1-4H3,(H,31,34). The summed E-state index contributed by atoms with van der Waals surface area (Å²) < 4.78 is 0.968. The number of hydrogen-bond donors (Lipinski definition) is 1. The average molecular weight is 528 g/mol. The molecular weight excluding hydrogens is 488 g/mol. The van der Waals surface area contributed by atoms with Gasteiger partial charge in [-0.25, -0.2) is 0 Å². The predicted octanol–water partition coefficient (Wildman–Crippen LogP) is 6.55. The van der Waals surface area contributed by atoms with E-state index < -0.39 is 6.04 Å². The largest absolute Gasteiger partial charge is 0.352 e. The summed E-state index contributed by atoms with van der Waals surface area (Å²) in [5.74, 6) is -0.0454. The van der Waals surface area contributed by atoms with Crippen molar-refractivity contribution in [2.75, 3.05) is 0 Å². The number of hydrogen-bond acceptors (Lipinski definition) is 2. The molecule has 0 aliphatic heterocycles. The van der Waals surface area contributed by atoms with Crippen LogP contribution in [0.25, 0.3) is 0 Å². The first-order valence-electron chi connectivity index (χ1n) is 12.6. The predicted molar refractivity (Wildman–Crippen MR) is 143 cm³/mol. The third kappa shape index (κ3) is 7.69. The summed E-state index contributed by atoms with van der Waals surface area (Å²) in [6, 6.07) is 16.2. The molecule has 1 saturated carbocycles. The number of carbonyl (C=O) groups is 2. The number of amides is 2. The SMILES string of the molecule is CC(C(=O)NC1CCCCC1)N(Cc1cccc(Br)c1)C(=O)CCc1ccc(C(C)(C)C)cc1. The Morgan fingerprint density at radius 2 is 1.71 bits per heavy atom. The number of halogens is 1. The molecule has 1 atom stereocenters. The van der Waals surface area contributed by atoms with Crippen molar-refractivity contribution < 1.29 is 9.59 Å². The lowest BCUT2D eigenvalue weighted by molar-refractivity contribution is -0.141. The first-order valence-corrected chi connectivity index (χ1v) is 13.4. The Labute approximate surface area is 213 Å².